The van der Waals surface area contributed by atoms with Crippen molar-refractivity contribution < 1.29 is 0 Å². The van der Waals surface area contributed by atoms with Gasteiger partial charge in [0.25, 0.3) is 0 Å². The summed E-state index contributed by atoms with van der Waals surface area (Å²) in [6.07, 6.45) is 5.59. The second kappa shape index (κ2) is 5.43. The Hall–Kier alpha value is -2.20. The number of hydrogen-bond donors (Lipinski definition) is 1. The Morgan fingerprint density at radius 3 is 2.90 bits per heavy atom. The average Bonchev–Trinajstić information content (AvgIpc) is 2.90. The van der Waals surface area contributed by atoms with Gasteiger partial charge in [-0.1, -0.05) is 25.1 Å². The lowest BCUT2D eigenvalue weighted by atomic mass is 9.99. The molecule has 20 heavy (non-hydrogen) atoms. The zero-order valence-corrected chi connectivity index (χ0v) is 11.7. The van der Waals surface area contributed by atoms with Gasteiger partial charge in [-0.05, 0) is 24.2 Å². The second-order valence-corrected chi connectivity index (χ2v) is 4.84. The van der Waals surface area contributed by atoms with E-state index in [1.165, 1.54) is 10.9 Å². The third-order valence-electron chi connectivity index (χ3n) is 3.55. The molecule has 0 saturated carbocycles. The molecule has 0 radical (unpaired) electrons. The second-order valence-electron chi connectivity index (χ2n) is 4.84. The monoisotopic (exact) mass is 266 g/mol. The van der Waals surface area contributed by atoms with Crippen LogP contribution in [0.4, 0.5) is 0 Å². The number of aromatic nitrogens is 3. The van der Waals surface area contributed by atoms with Crippen LogP contribution in [0.1, 0.15) is 24.2 Å². The van der Waals surface area contributed by atoms with E-state index in [2.05, 4.69) is 45.0 Å². The van der Waals surface area contributed by atoms with Crippen molar-refractivity contribution in [1.82, 2.24) is 19.9 Å². The quantitative estimate of drug-likeness (QED) is 0.789. The van der Waals surface area contributed by atoms with Crippen molar-refractivity contribution in [2.24, 2.45) is 7.05 Å². The van der Waals surface area contributed by atoms with Gasteiger partial charge < -0.3 is 9.88 Å². The van der Waals surface area contributed by atoms with Crippen LogP contribution in [0.15, 0.2) is 49.1 Å². The predicted molar refractivity (Wildman–Crippen MR) is 80.5 cm³/mol. The number of pyridine rings is 1. The summed E-state index contributed by atoms with van der Waals surface area (Å²) in [6.45, 7) is 3.01. The van der Waals surface area contributed by atoms with Crippen LogP contribution in [0.2, 0.25) is 0 Å². The molecule has 102 valence electrons. The number of aryl methyl sites for hydroxylation is 1. The fourth-order valence-corrected chi connectivity index (χ4v) is 2.60. The first-order chi connectivity index (χ1) is 9.81. The van der Waals surface area contributed by atoms with Gasteiger partial charge >= 0.3 is 0 Å². The fourth-order valence-electron chi connectivity index (χ4n) is 2.60. The fraction of sp³-hybridized carbons (Fsp3) is 0.250. The van der Waals surface area contributed by atoms with Crippen molar-refractivity contribution in [3.8, 4) is 0 Å². The summed E-state index contributed by atoms with van der Waals surface area (Å²) in [5, 5.41) is 4.73. The minimum absolute atomic E-state index is 0.125. The van der Waals surface area contributed by atoms with Gasteiger partial charge in [0.1, 0.15) is 0 Å². The highest BCUT2D eigenvalue weighted by Crippen LogP contribution is 2.27. The van der Waals surface area contributed by atoms with E-state index < -0.39 is 0 Å². The Kier molecular flexibility index (Phi) is 3.48. The van der Waals surface area contributed by atoms with Gasteiger partial charge in [0.15, 0.2) is 0 Å². The van der Waals surface area contributed by atoms with Crippen LogP contribution in [0.3, 0.4) is 0 Å². The van der Waals surface area contributed by atoms with Crippen molar-refractivity contribution in [3.05, 3.63) is 60.3 Å². The van der Waals surface area contributed by atoms with Crippen LogP contribution >= 0.6 is 0 Å². The van der Waals surface area contributed by atoms with Crippen LogP contribution in [-0.2, 0) is 7.05 Å². The maximum Gasteiger partial charge on any atom is 0.0946 e. The molecule has 0 fully saturated rings. The van der Waals surface area contributed by atoms with E-state index >= 15 is 0 Å². The molecule has 3 aromatic rings. The average molecular weight is 266 g/mol. The lowest BCUT2D eigenvalue weighted by Gasteiger charge is -2.20. The molecule has 4 heteroatoms. The first-order valence-corrected chi connectivity index (χ1v) is 6.84. The van der Waals surface area contributed by atoms with Crippen molar-refractivity contribution in [3.63, 3.8) is 0 Å². The zero-order chi connectivity index (χ0) is 13.9. The van der Waals surface area contributed by atoms with Crippen molar-refractivity contribution >= 4 is 10.9 Å². The lowest BCUT2D eigenvalue weighted by Crippen LogP contribution is -2.24. The lowest BCUT2D eigenvalue weighted by molar-refractivity contribution is 0.597. The molecule has 3 rings (SSSR count). The topological polar surface area (TPSA) is 42.7 Å². The molecule has 0 aliphatic heterocycles. The molecular weight excluding hydrogens is 248 g/mol. The summed E-state index contributed by atoms with van der Waals surface area (Å²) < 4.78 is 2.06. The van der Waals surface area contributed by atoms with Gasteiger partial charge in [0.05, 0.1) is 29.8 Å². The Bertz CT molecular complexity index is 712. The summed E-state index contributed by atoms with van der Waals surface area (Å²) in [7, 11) is 2.02. The van der Waals surface area contributed by atoms with Crippen LogP contribution in [-0.4, -0.2) is 21.1 Å². The van der Waals surface area contributed by atoms with E-state index in [-0.39, 0.29) is 6.04 Å². The molecule has 0 spiro atoms. The number of imidazole rings is 1. The van der Waals surface area contributed by atoms with E-state index in [4.69, 9.17) is 0 Å². The molecule has 0 bridgehead atoms. The molecule has 4 nitrogen and oxygen atoms in total. The van der Waals surface area contributed by atoms with Gasteiger partial charge in [-0.2, -0.15) is 0 Å². The summed E-state index contributed by atoms with van der Waals surface area (Å²) >= 11 is 0. The highest BCUT2D eigenvalue weighted by molar-refractivity contribution is 5.82. The number of benzene rings is 1. The molecule has 1 atom stereocenters. The molecule has 0 saturated heterocycles. The van der Waals surface area contributed by atoms with E-state index in [1.807, 2.05) is 37.9 Å². The van der Waals surface area contributed by atoms with Gasteiger partial charge in [0.2, 0.25) is 0 Å². The predicted octanol–water partition coefficient (Wildman–Crippen LogP) is 2.67. The van der Waals surface area contributed by atoms with E-state index in [9.17, 15) is 0 Å². The van der Waals surface area contributed by atoms with Gasteiger partial charge in [-0.15, -0.1) is 0 Å². The van der Waals surface area contributed by atoms with Crippen LogP contribution in [0.5, 0.6) is 0 Å². The minimum Gasteiger partial charge on any atom is -0.336 e. The standard InChI is InChI=1S/C16H18N4/c1-3-18-16(15-10-17-11-20(15)2)13-6-4-8-14-12(13)7-5-9-19-14/h4-11,16,18H,3H2,1-2H3. The molecule has 0 aliphatic carbocycles. The first kappa shape index (κ1) is 12.8. The van der Waals surface area contributed by atoms with Gasteiger partial charge in [-0.3, -0.25) is 4.98 Å². The number of hydrogen-bond acceptors (Lipinski definition) is 3. The Labute approximate surface area is 118 Å². The van der Waals surface area contributed by atoms with Crippen LogP contribution < -0.4 is 5.32 Å². The maximum atomic E-state index is 4.44. The van der Waals surface area contributed by atoms with E-state index in [1.54, 1.807) is 0 Å². The molecule has 1 aromatic carbocycles. The summed E-state index contributed by atoms with van der Waals surface area (Å²) in [6, 6.07) is 10.5. The summed E-state index contributed by atoms with van der Waals surface area (Å²) in [5.74, 6) is 0. The Balaban J connectivity index is 2.17. The molecule has 2 aromatic heterocycles. The molecule has 0 aliphatic rings. The third kappa shape index (κ3) is 2.18. The highest BCUT2D eigenvalue weighted by atomic mass is 15.1. The molecule has 2 heterocycles. The summed E-state index contributed by atoms with van der Waals surface area (Å²) in [5.41, 5.74) is 3.42. The highest BCUT2D eigenvalue weighted by Gasteiger charge is 2.18. The minimum atomic E-state index is 0.125. The molecular formula is C16H18N4. The number of nitrogens with one attached hydrogen (secondary N) is 1. The van der Waals surface area contributed by atoms with E-state index in [0.29, 0.717) is 0 Å². The Morgan fingerprint density at radius 1 is 1.25 bits per heavy atom. The zero-order valence-electron chi connectivity index (χ0n) is 11.7. The van der Waals surface area contributed by atoms with Crippen molar-refractivity contribution in [2.75, 3.05) is 6.54 Å². The van der Waals surface area contributed by atoms with Gasteiger partial charge in [-0.25, -0.2) is 4.98 Å². The number of nitrogens with zero attached hydrogens (tertiary/aromatic N) is 3. The molecule has 0 amide bonds. The number of rotatable bonds is 4. The number of fused-ring (bicyclic) bond motifs is 1. The van der Waals surface area contributed by atoms with E-state index in [0.717, 1.165) is 17.8 Å². The third-order valence-corrected chi connectivity index (χ3v) is 3.55. The molecule has 1 unspecified atom stereocenters. The van der Waals surface area contributed by atoms with Crippen molar-refractivity contribution in [2.45, 2.75) is 13.0 Å². The first-order valence-electron chi connectivity index (χ1n) is 6.84. The summed E-state index contributed by atoms with van der Waals surface area (Å²) in [4.78, 5) is 8.68. The van der Waals surface area contributed by atoms with Crippen molar-refractivity contribution in [1.29, 1.82) is 0 Å². The molecule has 1 N–H and O–H groups in total. The Morgan fingerprint density at radius 2 is 2.15 bits per heavy atom. The SMILES string of the molecule is CCNC(c1cccc2ncccc12)c1cncn1C. The largest absolute Gasteiger partial charge is 0.336 e. The smallest absolute Gasteiger partial charge is 0.0946 e. The van der Waals surface area contributed by atoms with Crippen LogP contribution in [0, 0.1) is 0 Å². The van der Waals surface area contributed by atoms with Gasteiger partial charge in [0, 0.05) is 18.6 Å². The normalized spacial score (nSPS) is 12.7. The van der Waals surface area contributed by atoms with Crippen LogP contribution in [0.25, 0.3) is 10.9 Å². The maximum absolute atomic E-state index is 4.44.